The van der Waals surface area contributed by atoms with Crippen LogP contribution in [0.15, 0.2) is 29.2 Å². The van der Waals surface area contributed by atoms with Crippen molar-refractivity contribution in [2.45, 2.75) is 36.6 Å². The third kappa shape index (κ3) is 4.18. The van der Waals surface area contributed by atoms with Gasteiger partial charge in [0.1, 0.15) is 0 Å². The van der Waals surface area contributed by atoms with Gasteiger partial charge in [0.2, 0.25) is 10.0 Å². The molecule has 0 atom stereocenters. The Balaban J connectivity index is 1.61. The molecule has 0 N–H and O–H groups in total. The number of nitrogens with zero attached hydrogens (tertiary/aromatic N) is 3. The van der Waals surface area contributed by atoms with Crippen LogP contribution in [0.4, 0.5) is 5.69 Å². The van der Waals surface area contributed by atoms with E-state index >= 15 is 0 Å². The zero-order valence-electron chi connectivity index (χ0n) is 15.8. The third-order valence-corrected chi connectivity index (χ3v) is 7.65. The Morgan fingerprint density at radius 1 is 1.11 bits per heavy atom. The Kier molecular flexibility index (Phi) is 6.31. The summed E-state index contributed by atoms with van der Waals surface area (Å²) in [6.07, 6.45) is 3.34. The van der Waals surface area contributed by atoms with Crippen LogP contribution in [0.5, 0.6) is 0 Å². The van der Waals surface area contributed by atoms with Gasteiger partial charge in [-0.25, -0.2) is 8.42 Å². The van der Waals surface area contributed by atoms with Gasteiger partial charge in [0.25, 0.3) is 5.69 Å². The molecule has 9 nitrogen and oxygen atoms in total. The second-order valence-electron chi connectivity index (χ2n) is 7.19. The minimum Gasteiger partial charge on any atom is -0.469 e. The molecule has 2 aliphatic rings. The van der Waals surface area contributed by atoms with Crippen LogP contribution < -0.4 is 0 Å². The standard InChI is InChI=1S/C18H25N3O6S/c1-27-18(22)14-6-8-15(9-7-14)19-10-12-20(13-11-19)28(25,26)17-5-3-2-4-16(17)21(23)24/h2-5,14-15H,6-13H2,1H3. The molecule has 1 aliphatic carbocycles. The first kappa shape index (κ1) is 20.7. The number of piperazine rings is 1. The number of methoxy groups -OCH3 is 1. The van der Waals surface area contributed by atoms with Crippen LogP contribution in [0.2, 0.25) is 0 Å². The molecule has 1 aromatic rings. The van der Waals surface area contributed by atoms with E-state index in [9.17, 15) is 23.3 Å². The molecule has 1 saturated carbocycles. The van der Waals surface area contributed by atoms with Crippen LogP contribution in [0.1, 0.15) is 25.7 Å². The second kappa shape index (κ2) is 8.54. The first-order valence-electron chi connectivity index (χ1n) is 9.40. The van der Waals surface area contributed by atoms with E-state index in [1.165, 1.54) is 35.7 Å². The molecule has 2 fully saturated rings. The van der Waals surface area contributed by atoms with Crippen molar-refractivity contribution in [3.8, 4) is 0 Å². The van der Waals surface area contributed by atoms with Gasteiger partial charge in [0.05, 0.1) is 18.0 Å². The van der Waals surface area contributed by atoms with Crippen LogP contribution in [-0.4, -0.2) is 67.8 Å². The molecule has 0 radical (unpaired) electrons. The van der Waals surface area contributed by atoms with Crippen LogP contribution in [-0.2, 0) is 19.6 Å². The number of nitro benzene ring substituents is 1. The number of carbonyl (C=O) groups is 1. The molecule has 1 heterocycles. The Morgan fingerprint density at radius 3 is 2.29 bits per heavy atom. The summed E-state index contributed by atoms with van der Waals surface area (Å²) >= 11 is 0. The number of carbonyl (C=O) groups excluding carboxylic acids is 1. The van der Waals surface area contributed by atoms with Crippen LogP contribution >= 0.6 is 0 Å². The lowest BCUT2D eigenvalue weighted by Crippen LogP contribution is -2.52. The maximum atomic E-state index is 12.9. The van der Waals surface area contributed by atoms with Gasteiger partial charge in [-0.15, -0.1) is 0 Å². The number of esters is 1. The summed E-state index contributed by atoms with van der Waals surface area (Å²) < 4.78 is 31.9. The second-order valence-corrected chi connectivity index (χ2v) is 9.10. The van der Waals surface area contributed by atoms with Crippen molar-refractivity contribution >= 4 is 21.7 Å². The first-order chi connectivity index (χ1) is 13.3. The van der Waals surface area contributed by atoms with Gasteiger partial charge in [0, 0.05) is 38.3 Å². The van der Waals surface area contributed by atoms with Crippen LogP contribution in [0.25, 0.3) is 0 Å². The molecule has 3 rings (SSSR count). The van der Waals surface area contributed by atoms with Gasteiger partial charge in [-0.2, -0.15) is 4.31 Å². The zero-order chi connectivity index (χ0) is 20.3. The number of rotatable bonds is 5. The van der Waals surface area contributed by atoms with E-state index in [2.05, 4.69) is 4.90 Å². The zero-order valence-corrected chi connectivity index (χ0v) is 16.6. The van der Waals surface area contributed by atoms with Crippen LogP contribution in [0, 0.1) is 16.0 Å². The van der Waals surface area contributed by atoms with Crippen molar-refractivity contribution in [1.82, 2.24) is 9.21 Å². The lowest BCUT2D eigenvalue weighted by molar-refractivity contribution is -0.387. The third-order valence-electron chi connectivity index (χ3n) is 5.70. The van der Waals surface area contributed by atoms with E-state index in [1.54, 1.807) is 0 Å². The highest BCUT2D eigenvalue weighted by atomic mass is 32.2. The normalized spacial score (nSPS) is 24.6. The summed E-state index contributed by atoms with van der Waals surface area (Å²) in [5.74, 6) is -0.194. The summed E-state index contributed by atoms with van der Waals surface area (Å²) in [5, 5.41) is 11.2. The van der Waals surface area contributed by atoms with Crippen molar-refractivity contribution in [1.29, 1.82) is 0 Å². The Hall–Kier alpha value is -2.04. The van der Waals surface area contributed by atoms with Gasteiger partial charge in [-0.3, -0.25) is 19.8 Å². The number of nitro groups is 1. The van der Waals surface area contributed by atoms with Crippen LogP contribution in [0.3, 0.4) is 0 Å². The summed E-state index contributed by atoms with van der Waals surface area (Å²) in [6, 6.07) is 5.78. The molecule has 0 amide bonds. The molecule has 28 heavy (non-hydrogen) atoms. The molecule has 1 aliphatic heterocycles. The average Bonchev–Trinajstić information content (AvgIpc) is 2.73. The number of benzene rings is 1. The number of hydrogen-bond acceptors (Lipinski definition) is 7. The molecule has 0 spiro atoms. The highest BCUT2D eigenvalue weighted by Gasteiger charge is 2.36. The smallest absolute Gasteiger partial charge is 0.308 e. The number of ether oxygens (including phenoxy) is 1. The number of sulfonamides is 1. The molecule has 0 unspecified atom stereocenters. The largest absolute Gasteiger partial charge is 0.469 e. The minimum absolute atomic E-state index is 0.0402. The summed E-state index contributed by atoms with van der Waals surface area (Å²) in [7, 11) is -2.50. The van der Waals surface area contributed by atoms with Crippen molar-refractivity contribution in [3.63, 3.8) is 0 Å². The molecule has 10 heteroatoms. The average molecular weight is 411 g/mol. The van der Waals surface area contributed by atoms with E-state index in [-0.39, 0.29) is 16.8 Å². The SMILES string of the molecule is COC(=O)C1CCC(N2CCN(S(=O)(=O)c3ccccc3[N+](=O)[O-])CC2)CC1. The van der Waals surface area contributed by atoms with Gasteiger partial charge in [-0.1, -0.05) is 12.1 Å². The van der Waals surface area contributed by atoms with Crippen molar-refractivity contribution in [3.05, 3.63) is 34.4 Å². The molecular weight excluding hydrogens is 386 g/mol. The van der Waals surface area contributed by atoms with E-state index < -0.39 is 20.6 Å². The summed E-state index contributed by atoms with van der Waals surface area (Å²) in [5.41, 5.74) is -0.397. The fourth-order valence-corrected chi connectivity index (χ4v) is 5.70. The quantitative estimate of drug-likeness (QED) is 0.411. The van der Waals surface area contributed by atoms with E-state index in [4.69, 9.17) is 4.74 Å². The Labute approximate surface area is 164 Å². The van der Waals surface area contributed by atoms with E-state index in [0.29, 0.717) is 32.2 Å². The predicted octanol–water partition coefficient (Wildman–Crippen LogP) is 1.63. The lowest BCUT2D eigenvalue weighted by atomic mass is 9.85. The minimum atomic E-state index is -3.91. The Bertz CT molecular complexity index is 827. The van der Waals surface area contributed by atoms with Crippen molar-refractivity contribution < 1.29 is 22.9 Å². The van der Waals surface area contributed by atoms with Crippen molar-refractivity contribution in [2.75, 3.05) is 33.3 Å². The fraction of sp³-hybridized carbons (Fsp3) is 0.611. The monoisotopic (exact) mass is 411 g/mol. The summed E-state index contributed by atoms with van der Waals surface area (Å²) in [4.78, 5) is 24.2. The summed E-state index contributed by atoms with van der Waals surface area (Å²) in [6.45, 7) is 1.75. The predicted molar refractivity (Wildman–Crippen MR) is 101 cm³/mol. The first-order valence-corrected chi connectivity index (χ1v) is 10.8. The molecule has 1 saturated heterocycles. The number of hydrogen-bond donors (Lipinski definition) is 0. The fourth-order valence-electron chi connectivity index (χ4n) is 4.12. The van der Waals surface area contributed by atoms with Gasteiger partial charge in [0.15, 0.2) is 4.90 Å². The molecule has 0 aromatic heterocycles. The van der Waals surface area contributed by atoms with Gasteiger partial charge < -0.3 is 4.74 Å². The topological polar surface area (TPSA) is 110 Å². The van der Waals surface area contributed by atoms with E-state index in [1.807, 2.05) is 0 Å². The lowest BCUT2D eigenvalue weighted by Gasteiger charge is -2.41. The maximum absolute atomic E-state index is 12.9. The molecule has 0 bridgehead atoms. The molecular formula is C18H25N3O6S. The van der Waals surface area contributed by atoms with Gasteiger partial charge >= 0.3 is 5.97 Å². The molecule has 154 valence electrons. The highest BCUT2D eigenvalue weighted by molar-refractivity contribution is 7.89. The van der Waals surface area contributed by atoms with Crippen molar-refractivity contribution in [2.24, 2.45) is 5.92 Å². The van der Waals surface area contributed by atoms with Gasteiger partial charge in [-0.05, 0) is 31.7 Å². The number of para-hydroxylation sites is 1. The Morgan fingerprint density at radius 2 is 1.71 bits per heavy atom. The highest BCUT2D eigenvalue weighted by Crippen LogP contribution is 2.31. The molecule has 1 aromatic carbocycles. The maximum Gasteiger partial charge on any atom is 0.308 e. The van der Waals surface area contributed by atoms with E-state index in [0.717, 1.165) is 25.7 Å².